The van der Waals surface area contributed by atoms with E-state index in [2.05, 4.69) is 15.5 Å². The number of aromatic nitrogens is 5. The van der Waals surface area contributed by atoms with Crippen molar-refractivity contribution in [3.8, 4) is 17.1 Å². The number of nitrogens with zero attached hydrogens (tertiary/aromatic N) is 6. The van der Waals surface area contributed by atoms with Crippen molar-refractivity contribution in [1.29, 1.82) is 0 Å². The lowest BCUT2D eigenvalue weighted by molar-refractivity contribution is -0.0592. The lowest BCUT2D eigenvalue weighted by atomic mass is 9.93. The van der Waals surface area contributed by atoms with Gasteiger partial charge in [0.15, 0.2) is 0 Å². The predicted octanol–water partition coefficient (Wildman–Crippen LogP) is 7.71. The number of piperidine rings is 1. The standard InChI is InChI=1S/C40H44ClFN6O5/c1-2-50-40(49)31-23-48(38-8-3-4-18-52-38)45-39(31)27-10-12-35-34(20-27)43-36(47(35)22-30-15-19-51-30)24-46-16-13-26(14-17-46)33-6-5-7-37(44-33)53-25-28-9-11-29(41)21-32(28)42/h5-7,9-12,20-21,23,26,30,38H,2-4,8,13-19,22,24-25H2,1H3/t30-,38?/m0/s1. The molecule has 0 N–H and O–H groups in total. The van der Waals surface area contributed by atoms with E-state index in [1.807, 2.05) is 30.3 Å². The number of carbonyl (C=O) groups is 1. The number of carbonyl (C=O) groups excluding carboxylic acids is 1. The van der Waals surface area contributed by atoms with Gasteiger partial charge in [0.05, 0.1) is 36.8 Å². The molecule has 2 atom stereocenters. The Kier molecular flexibility index (Phi) is 10.7. The molecule has 3 saturated heterocycles. The van der Waals surface area contributed by atoms with Gasteiger partial charge >= 0.3 is 5.97 Å². The third-order valence-electron chi connectivity index (χ3n) is 10.5. The van der Waals surface area contributed by atoms with Crippen molar-refractivity contribution in [2.45, 2.75) is 83.4 Å². The van der Waals surface area contributed by atoms with Gasteiger partial charge in [0.1, 0.15) is 35.7 Å². The van der Waals surface area contributed by atoms with Crippen LogP contribution in [0.1, 0.15) is 85.0 Å². The molecule has 13 heteroatoms. The predicted molar refractivity (Wildman–Crippen MR) is 197 cm³/mol. The molecule has 3 aromatic heterocycles. The largest absolute Gasteiger partial charge is 0.473 e. The van der Waals surface area contributed by atoms with Crippen molar-refractivity contribution < 1.29 is 28.1 Å². The quantitative estimate of drug-likeness (QED) is 0.119. The van der Waals surface area contributed by atoms with Gasteiger partial charge in [-0.25, -0.2) is 23.8 Å². The average molecular weight is 743 g/mol. The molecule has 5 aromatic rings. The average Bonchev–Trinajstić information content (AvgIpc) is 3.75. The summed E-state index contributed by atoms with van der Waals surface area (Å²) in [6.07, 6.45) is 7.56. The van der Waals surface area contributed by atoms with Crippen molar-refractivity contribution in [2.75, 3.05) is 32.9 Å². The highest BCUT2D eigenvalue weighted by molar-refractivity contribution is 6.30. The number of pyridine rings is 1. The second-order valence-electron chi connectivity index (χ2n) is 14.0. The number of imidazole rings is 1. The first-order valence-corrected chi connectivity index (χ1v) is 19.0. The molecular weight excluding hydrogens is 699 g/mol. The Morgan fingerprint density at radius 2 is 1.87 bits per heavy atom. The van der Waals surface area contributed by atoms with Crippen molar-refractivity contribution in [2.24, 2.45) is 0 Å². The summed E-state index contributed by atoms with van der Waals surface area (Å²) in [7, 11) is 0. The fraction of sp³-hybridized carbons (Fsp3) is 0.450. The van der Waals surface area contributed by atoms with Crippen LogP contribution >= 0.6 is 11.6 Å². The monoisotopic (exact) mass is 742 g/mol. The van der Waals surface area contributed by atoms with Crippen molar-refractivity contribution in [1.82, 2.24) is 29.2 Å². The number of ether oxygens (including phenoxy) is 4. The fourth-order valence-corrected chi connectivity index (χ4v) is 7.60. The second-order valence-corrected chi connectivity index (χ2v) is 14.4. The molecule has 0 spiro atoms. The molecule has 278 valence electrons. The first-order valence-electron chi connectivity index (χ1n) is 18.7. The van der Waals surface area contributed by atoms with Gasteiger partial charge in [-0.1, -0.05) is 29.8 Å². The zero-order chi connectivity index (χ0) is 36.3. The zero-order valence-corrected chi connectivity index (χ0v) is 30.6. The summed E-state index contributed by atoms with van der Waals surface area (Å²) in [6.45, 7) is 6.85. The van der Waals surface area contributed by atoms with Crippen LogP contribution in [0.25, 0.3) is 22.3 Å². The van der Waals surface area contributed by atoms with E-state index in [4.69, 9.17) is 45.6 Å². The maximum atomic E-state index is 14.3. The lowest BCUT2D eigenvalue weighted by Crippen LogP contribution is -2.35. The third kappa shape index (κ3) is 7.96. The number of benzene rings is 2. The number of hydrogen-bond acceptors (Lipinski definition) is 9. The van der Waals surface area contributed by atoms with Gasteiger partial charge in [0.25, 0.3) is 0 Å². The molecule has 1 unspecified atom stereocenters. The summed E-state index contributed by atoms with van der Waals surface area (Å²) >= 11 is 5.90. The molecule has 0 aliphatic carbocycles. The van der Waals surface area contributed by atoms with Crippen LogP contribution in [0.15, 0.2) is 60.8 Å². The molecule has 8 rings (SSSR count). The van der Waals surface area contributed by atoms with E-state index in [1.165, 1.54) is 6.07 Å². The Bertz CT molecular complexity index is 2070. The number of rotatable bonds is 12. The molecule has 0 bridgehead atoms. The van der Waals surface area contributed by atoms with Crippen LogP contribution in [0.5, 0.6) is 5.88 Å². The minimum atomic E-state index is -0.399. The number of esters is 1. The Morgan fingerprint density at radius 3 is 2.62 bits per heavy atom. The molecular formula is C40H44ClFN6O5. The minimum Gasteiger partial charge on any atom is -0.473 e. The van der Waals surface area contributed by atoms with Crippen LogP contribution in [0, 0.1) is 5.82 Å². The van der Waals surface area contributed by atoms with Crippen LogP contribution < -0.4 is 4.74 Å². The lowest BCUT2D eigenvalue weighted by Gasteiger charge is -2.32. The molecule has 2 aromatic carbocycles. The van der Waals surface area contributed by atoms with Gasteiger partial charge in [-0.05, 0) is 88.9 Å². The summed E-state index contributed by atoms with van der Waals surface area (Å²) in [5.41, 5.74) is 5.10. The number of halogens is 2. The van der Waals surface area contributed by atoms with Crippen LogP contribution in [0.4, 0.5) is 4.39 Å². The maximum Gasteiger partial charge on any atom is 0.341 e. The normalized spacial score (nSPS) is 19.7. The highest BCUT2D eigenvalue weighted by atomic mass is 35.5. The van der Waals surface area contributed by atoms with E-state index < -0.39 is 11.8 Å². The Balaban J connectivity index is 0.985. The van der Waals surface area contributed by atoms with E-state index in [9.17, 15) is 9.18 Å². The smallest absolute Gasteiger partial charge is 0.341 e. The molecule has 3 fully saturated rings. The van der Waals surface area contributed by atoms with Gasteiger partial charge in [-0.15, -0.1) is 0 Å². The van der Waals surface area contributed by atoms with Gasteiger partial charge in [-0.3, -0.25) is 4.90 Å². The Labute approximate surface area is 313 Å². The van der Waals surface area contributed by atoms with Crippen molar-refractivity contribution >= 4 is 28.6 Å². The highest BCUT2D eigenvalue weighted by Gasteiger charge is 2.28. The summed E-state index contributed by atoms with van der Waals surface area (Å²) in [5, 5.41) is 5.23. The molecule has 0 saturated carbocycles. The Morgan fingerprint density at radius 1 is 1.00 bits per heavy atom. The molecule has 6 heterocycles. The van der Waals surface area contributed by atoms with Crippen molar-refractivity contribution in [3.05, 3.63) is 94.3 Å². The van der Waals surface area contributed by atoms with E-state index in [1.54, 1.807) is 29.9 Å². The van der Waals surface area contributed by atoms with Crippen molar-refractivity contribution in [3.63, 3.8) is 0 Å². The SMILES string of the molecule is CCOC(=O)c1cn(C2CCCCO2)nc1-c1ccc2c(c1)nc(CN1CCC(c3cccc(OCc4ccc(Cl)cc4F)n3)CC1)n2C[C@@H]1CCO1. The highest BCUT2D eigenvalue weighted by Crippen LogP contribution is 2.33. The topological polar surface area (TPSA) is 106 Å². The van der Waals surface area contributed by atoms with Crippen LogP contribution in [0.2, 0.25) is 5.02 Å². The maximum absolute atomic E-state index is 14.3. The molecule has 0 radical (unpaired) electrons. The number of fused-ring (bicyclic) bond motifs is 1. The molecule has 3 aliphatic rings. The van der Waals surface area contributed by atoms with E-state index >= 15 is 0 Å². The molecule has 53 heavy (non-hydrogen) atoms. The van der Waals surface area contributed by atoms with Gasteiger partial charge in [-0.2, -0.15) is 5.10 Å². The fourth-order valence-electron chi connectivity index (χ4n) is 7.44. The summed E-state index contributed by atoms with van der Waals surface area (Å²) in [5.74, 6) is 0.966. The van der Waals surface area contributed by atoms with Gasteiger partial charge in [0, 0.05) is 53.2 Å². The van der Waals surface area contributed by atoms with E-state index in [-0.39, 0.29) is 25.5 Å². The molecule has 11 nitrogen and oxygen atoms in total. The first kappa shape index (κ1) is 35.7. The summed E-state index contributed by atoms with van der Waals surface area (Å²) in [6, 6.07) is 16.5. The van der Waals surface area contributed by atoms with E-state index in [0.717, 1.165) is 92.9 Å². The third-order valence-corrected chi connectivity index (χ3v) is 10.7. The van der Waals surface area contributed by atoms with Crippen LogP contribution in [0.3, 0.4) is 0 Å². The second kappa shape index (κ2) is 15.9. The Hall–Kier alpha value is -4.36. The molecule has 3 aliphatic heterocycles. The zero-order valence-electron chi connectivity index (χ0n) is 29.9. The minimum absolute atomic E-state index is 0.0809. The van der Waals surface area contributed by atoms with Crippen LogP contribution in [-0.4, -0.2) is 74.2 Å². The van der Waals surface area contributed by atoms with Gasteiger partial charge in [0.2, 0.25) is 5.88 Å². The number of likely N-dealkylation sites (tertiary alicyclic amines) is 1. The summed E-state index contributed by atoms with van der Waals surface area (Å²) < 4.78 is 41.5. The molecule has 0 amide bonds. The van der Waals surface area contributed by atoms with E-state index in [0.29, 0.717) is 46.8 Å². The number of hydrogen-bond donors (Lipinski definition) is 0. The van der Waals surface area contributed by atoms with Crippen LogP contribution in [-0.2, 0) is 33.9 Å². The summed E-state index contributed by atoms with van der Waals surface area (Å²) in [4.78, 5) is 25.5. The first-order chi connectivity index (χ1) is 25.9. The van der Waals surface area contributed by atoms with Gasteiger partial charge < -0.3 is 23.5 Å².